The minimum absolute atomic E-state index is 0.269. The van der Waals surface area contributed by atoms with Crippen molar-refractivity contribution in [2.45, 2.75) is 17.3 Å². The SMILES string of the molecule is C[C@H](Sc1nnc(-c2ccccc2F)n1C)C(=O)Nc1sccc1C(N)=O. The van der Waals surface area contributed by atoms with E-state index < -0.39 is 17.0 Å². The lowest BCUT2D eigenvalue weighted by Gasteiger charge is -2.11. The monoisotopic (exact) mass is 405 g/mol. The van der Waals surface area contributed by atoms with Crippen LogP contribution in [0.3, 0.4) is 0 Å². The number of hydrogen-bond acceptors (Lipinski definition) is 6. The Labute approximate surface area is 162 Å². The summed E-state index contributed by atoms with van der Waals surface area (Å²) in [7, 11) is 1.71. The topological polar surface area (TPSA) is 103 Å². The van der Waals surface area contributed by atoms with Crippen LogP contribution in [0.1, 0.15) is 17.3 Å². The average Bonchev–Trinajstić information content (AvgIpc) is 3.23. The van der Waals surface area contributed by atoms with Crippen LogP contribution in [-0.2, 0) is 11.8 Å². The average molecular weight is 405 g/mol. The van der Waals surface area contributed by atoms with Gasteiger partial charge in [-0.25, -0.2) is 4.39 Å². The quantitative estimate of drug-likeness (QED) is 0.614. The molecule has 0 aliphatic heterocycles. The largest absolute Gasteiger partial charge is 0.366 e. The van der Waals surface area contributed by atoms with Gasteiger partial charge in [0.1, 0.15) is 10.8 Å². The Morgan fingerprint density at radius 1 is 1.30 bits per heavy atom. The number of thiophene rings is 1. The highest BCUT2D eigenvalue weighted by molar-refractivity contribution is 8.00. The van der Waals surface area contributed by atoms with Crippen molar-refractivity contribution in [2.24, 2.45) is 12.8 Å². The summed E-state index contributed by atoms with van der Waals surface area (Å²) in [6.45, 7) is 1.70. The first-order valence-electron chi connectivity index (χ1n) is 7.87. The van der Waals surface area contributed by atoms with Gasteiger partial charge in [-0.05, 0) is 30.5 Å². The zero-order valence-corrected chi connectivity index (χ0v) is 16.1. The number of nitrogens with two attached hydrogens (primary N) is 1. The minimum Gasteiger partial charge on any atom is -0.366 e. The molecule has 0 fully saturated rings. The van der Waals surface area contributed by atoms with E-state index >= 15 is 0 Å². The molecule has 0 spiro atoms. The Hall–Kier alpha value is -2.72. The summed E-state index contributed by atoms with van der Waals surface area (Å²) in [5.41, 5.74) is 5.89. The van der Waals surface area contributed by atoms with E-state index in [0.29, 0.717) is 21.5 Å². The van der Waals surface area contributed by atoms with E-state index in [1.54, 1.807) is 48.2 Å². The maximum absolute atomic E-state index is 14.0. The number of nitrogens with one attached hydrogen (secondary N) is 1. The van der Waals surface area contributed by atoms with Crippen LogP contribution in [0.15, 0.2) is 40.9 Å². The van der Waals surface area contributed by atoms with Crippen molar-refractivity contribution in [3.63, 3.8) is 0 Å². The van der Waals surface area contributed by atoms with E-state index in [1.165, 1.54) is 29.2 Å². The van der Waals surface area contributed by atoms with Crippen molar-refractivity contribution in [2.75, 3.05) is 5.32 Å². The van der Waals surface area contributed by atoms with Crippen molar-refractivity contribution < 1.29 is 14.0 Å². The second-order valence-electron chi connectivity index (χ2n) is 5.62. The Kier molecular flexibility index (Phi) is 5.57. The predicted octanol–water partition coefficient (Wildman–Crippen LogP) is 2.90. The summed E-state index contributed by atoms with van der Waals surface area (Å²) < 4.78 is 15.6. The molecule has 0 radical (unpaired) electrons. The fraction of sp³-hybridized carbons (Fsp3) is 0.176. The van der Waals surface area contributed by atoms with Crippen molar-refractivity contribution >= 4 is 39.9 Å². The number of carbonyl (C=O) groups excluding carboxylic acids is 2. The van der Waals surface area contributed by atoms with E-state index in [4.69, 9.17) is 5.73 Å². The number of nitrogens with zero attached hydrogens (tertiary/aromatic N) is 3. The van der Waals surface area contributed by atoms with E-state index in [9.17, 15) is 14.0 Å². The van der Waals surface area contributed by atoms with E-state index in [2.05, 4.69) is 15.5 Å². The van der Waals surface area contributed by atoms with Crippen LogP contribution in [-0.4, -0.2) is 31.8 Å². The van der Waals surface area contributed by atoms with Crippen LogP contribution in [0, 0.1) is 5.82 Å². The molecule has 0 aliphatic rings. The third kappa shape index (κ3) is 4.01. The Morgan fingerprint density at radius 3 is 2.74 bits per heavy atom. The molecule has 2 amide bonds. The molecule has 2 aromatic heterocycles. The maximum Gasteiger partial charge on any atom is 0.251 e. The van der Waals surface area contributed by atoms with Gasteiger partial charge in [-0.15, -0.1) is 21.5 Å². The minimum atomic E-state index is -0.602. The Morgan fingerprint density at radius 2 is 2.04 bits per heavy atom. The summed E-state index contributed by atoms with van der Waals surface area (Å²) in [5, 5.41) is 12.8. The molecular weight excluding hydrogens is 389 g/mol. The first kappa shape index (κ1) is 19.1. The van der Waals surface area contributed by atoms with Crippen molar-refractivity contribution in [3.05, 3.63) is 47.1 Å². The summed E-state index contributed by atoms with van der Waals surface area (Å²) in [6.07, 6.45) is 0. The highest BCUT2D eigenvalue weighted by Gasteiger charge is 2.22. The summed E-state index contributed by atoms with van der Waals surface area (Å²) >= 11 is 2.40. The third-order valence-corrected chi connectivity index (χ3v) is 5.73. The molecule has 7 nitrogen and oxygen atoms in total. The number of benzene rings is 1. The van der Waals surface area contributed by atoms with Gasteiger partial charge in [0.15, 0.2) is 11.0 Å². The van der Waals surface area contributed by atoms with E-state index in [0.717, 1.165) is 0 Å². The Bertz CT molecular complexity index is 1000. The van der Waals surface area contributed by atoms with E-state index in [-0.39, 0.29) is 11.5 Å². The van der Waals surface area contributed by atoms with Gasteiger partial charge in [0, 0.05) is 7.05 Å². The highest BCUT2D eigenvalue weighted by atomic mass is 32.2. The van der Waals surface area contributed by atoms with Gasteiger partial charge in [0.2, 0.25) is 5.91 Å². The van der Waals surface area contributed by atoms with Crippen LogP contribution in [0.25, 0.3) is 11.4 Å². The zero-order valence-electron chi connectivity index (χ0n) is 14.5. The lowest BCUT2D eigenvalue weighted by atomic mass is 10.2. The van der Waals surface area contributed by atoms with Gasteiger partial charge in [-0.1, -0.05) is 23.9 Å². The lowest BCUT2D eigenvalue weighted by Crippen LogP contribution is -2.24. The van der Waals surface area contributed by atoms with Crippen molar-refractivity contribution in [1.82, 2.24) is 14.8 Å². The van der Waals surface area contributed by atoms with Crippen LogP contribution in [0.2, 0.25) is 0 Å². The number of rotatable bonds is 6. The second kappa shape index (κ2) is 7.89. The molecule has 3 rings (SSSR count). The lowest BCUT2D eigenvalue weighted by molar-refractivity contribution is -0.115. The smallest absolute Gasteiger partial charge is 0.251 e. The number of anilines is 1. The zero-order chi connectivity index (χ0) is 19.6. The highest BCUT2D eigenvalue weighted by Crippen LogP contribution is 2.28. The molecule has 1 atom stereocenters. The number of amides is 2. The third-order valence-electron chi connectivity index (χ3n) is 3.77. The second-order valence-corrected chi connectivity index (χ2v) is 7.85. The molecular formula is C17H16FN5O2S2. The van der Waals surface area contributed by atoms with Crippen LogP contribution in [0.4, 0.5) is 9.39 Å². The molecule has 3 N–H and O–H groups in total. The molecule has 0 unspecified atom stereocenters. The van der Waals surface area contributed by atoms with Crippen molar-refractivity contribution in [3.8, 4) is 11.4 Å². The Balaban J connectivity index is 1.74. The molecule has 0 bridgehead atoms. The number of aromatic nitrogens is 3. The maximum atomic E-state index is 14.0. The first-order valence-corrected chi connectivity index (χ1v) is 9.63. The van der Waals surface area contributed by atoms with Crippen LogP contribution < -0.4 is 11.1 Å². The summed E-state index contributed by atoms with van der Waals surface area (Å²) in [4.78, 5) is 23.8. The molecule has 140 valence electrons. The van der Waals surface area contributed by atoms with Gasteiger partial charge < -0.3 is 15.6 Å². The first-order chi connectivity index (χ1) is 12.9. The molecule has 0 aliphatic carbocycles. The number of carbonyl (C=O) groups is 2. The molecule has 10 heteroatoms. The predicted molar refractivity (Wildman–Crippen MR) is 103 cm³/mol. The van der Waals surface area contributed by atoms with Gasteiger partial charge in [0.05, 0.1) is 16.4 Å². The fourth-order valence-corrected chi connectivity index (χ4v) is 3.93. The molecule has 0 saturated carbocycles. The van der Waals surface area contributed by atoms with Gasteiger partial charge in [-0.2, -0.15) is 0 Å². The summed E-state index contributed by atoms with van der Waals surface area (Å²) in [6, 6.07) is 7.84. The number of halogens is 1. The van der Waals surface area contributed by atoms with Gasteiger partial charge >= 0.3 is 0 Å². The van der Waals surface area contributed by atoms with Crippen LogP contribution in [0.5, 0.6) is 0 Å². The standard InChI is InChI=1S/C17H16FN5O2S2/c1-9(15(25)20-16-11(13(19)24)7-8-26-16)27-17-22-21-14(23(17)2)10-5-3-4-6-12(10)18/h3-9H,1-2H3,(H2,19,24)(H,20,25)/t9-/m0/s1. The van der Waals surface area contributed by atoms with Crippen molar-refractivity contribution in [1.29, 1.82) is 0 Å². The summed E-state index contributed by atoms with van der Waals surface area (Å²) in [5.74, 6) is -0.931. The molecule has 1 aromatic carbocycles. The fourth-order valence-electron chi connectivity index (χ4n) is 2.32. The van der Waals surface area contributed by atoms with Gasteiger partial charge in [0.25, 0.3) is 5.91 Å². The normalized spacial score (nSPS) is 12.0. The van der Waals surface area contributed by atoms with Crippen LogP contribution >= 0.6 is 23.1 Å². The molecule has 3 aromatic rings. The molecule has 2 heterocycles. The molecule has 0 saturated heterocycles. The number of thioether (sulfide) groups is 1. The van der Waals surface area contributed by atoms with E-state index in [1.807, 2.05) is 0 Å². The number of hydrogen-bond donors (Lipinski definition) is 2. The van der Waals surface area contributed by atoms with Gasteiger partial charge in [-0.3, -0.25) is 9.59 Å². The molecule has 27 heavy (non-hydrogen) atoms. The number of primary amides is 1.